The van der Waals surface area contributed by atoms with Gasteiger partial charge in [-0.15, -0.1) is 5.10 Å². The zero-order valence-corrected chi connectivity index (χ0v) is 11.1. The van der Waals surface area contributed by atoms with Crippen LogP contribution in [0.4, 0.5) is 0 Å². The molecule has 96 valence electrons. The first-order valence-electron chi connectivity index (χ1n) is 5.61. The number of nitrogens with one attached hydrogen (secondary N) is 1. The van der Waals surface area contributed by atoms with Crippen LogP contribution in [0, 0.1) is 0 Å². The maximum atomic E-state index is 4.14. The van der Waals surface area contributed by atoms with Crippen LogP contribution in [0.1, 0.15) is 18.8 Å². The van der Waals surface area contributed by atoms with E-state index in [2.05, 4.69) is 37.1 Å². The van der Waals surface area contributed by atoms with E-state index in [1.54, 1.807) is 34.9 Å². The second-order valence-electron chi connectivity index (χ2n) is 3.67. The minimum atomic E-state index is 0.0518. The first-order chi connectivity index (χ1) is 8.83. The molecule has 0 fully saturated rings. The Balaban J connectivity index is 2.12. The molecule has 7 nitrogen and oxygen atoms in total. The lowest BCUT2D eigenvalue weighted by Crippen LogP contribution is -2.24. The molecular formula is C10H15N7S. The molecule has 0 saturated carbocycles. The van der Waals surface area contributed by atoms with E-state index in [-0.39, 0.29) is 6.04 Å². The lowest BCUT2D eigenvalue weighted by Gasteiger charge is -2.11. The fraction of sp³-hybridized carbons (Fsp3) is 0.500. The van der Waals surface area contributed by atoms with Crippen LogP contribution >= 0.6 is 11.8 Å². The van der Waals surface area contributed by atoms with Gasteiger partial charge in [-0.05, 0) is 29.7 Å². The Bertz CT molecular complexity index is 472. The van der Waals surface area contributed by atoms with Gasteiger partial charge in [-0.1, -0.05) is 0 Å². The zero-order valence-electron chi connectivity index (χ0n) is 10.3. The molecule has 0 bridgehead atoms. The monoisotopic (exact) mass is 265 g/mol. The van der Waals surface area contributed by atoms with E-state index in [0.717, 1.165) is 12.3 Å². The van der Waals surface area contributed by atoms with Gasteiger partial charge in [0.05, 0.1) is 6.04 Å². The number of tetrazole rings is 1. The molecule has 1 atom stereocenters. The third-order valence-electron chi connectivity index (χ3n) is 2.38. The van der Waals surface area contributed by atoms with E-state index in [4.69, 9.17) is 0 Å². The topological polar surface area (TPSA) is 81.4 Å². The second-order valence-corrected chi connectivity index (χ2v) is 4.65. The first-order valence-corrected chi connectivity index (χ1v) is 7.00. The average molecular weight is 265 g/mol. The average Bonchev–Trinajstić information content (AvgIpc) is 2.89. The molecule has 18 heavy (non-hydrogen) atoms. The van der Waals surface area contributed by atoms with Crippen molar-refractivity contribution in [1.29, 1.82) is 0 Å². The summed E-state index contributed by atoms with van der Waals surface area (Å²) in [6.45, 7) is 2.93. The lowest BCUT2D eigenvalue weighted by atomic mass is 10.3. The van der Waals surface area contributed by atoms with E-state index < -0.39 is 0 Å². The van der Waals surface area contributed by atoms with Crippen molar-refractivity contribution in [2.24, 2.45) is 0 Å². The van der Waals surface area contributed by atoms with Crippen molar-refractivity contribution in [3.05, 3.63) is 24.3 Å². The van der Waals surface area contributed by atoms with Gasteiger partial charge in [0, 0.05) is 24.7 Å². The fourth-order valence-electron chi connectivity index (χ4n) is 1.48. The number of nitrogens with zero attached hydrogens (tertiary/aromatic N) is 6. The van der Waals surface area contributed by atoms with Crippen LogP contribution in [0.15, 0.2) is 18.5 Å². The molecule has 2 rings (SSSR count). The molecule has 8 heteroatoms. The SMILES string of the molecule is CSCCNC(C)c1nnnn1-c1ncccn1. The lowest BCUT2D eigenvalue weighted by molar-refractivity contribution is 0.547. The highest BCUT2D eigenvalue weighted by atomic mass is 32.2. The quantitative estimate of drug-likeness (QED) is 0.760. The molecule has 0 aliphatic rings. The molecule has 0 aromatic carbocycles. The van der Waals surface area contributed by atoms with Gasteiger partial charge in [-0.2, -0.15) is 16.4 Å². The number of rotatable bonds is 6. The van der Waals surface area contributed by atoms with Gasteiger partial charge in [-0.25, -0.2) is 9.97 Å². The Morgan fingerprint density at radius 2 is 2.17 bits per heavy atom. The molecule has 0 aliphatic carbocycles. The van der Waals surface area contributed by atoms with Crippen LogP contribution in [0.2, 0.25) is 0 Å². The van der Waals surface area contributed by atoms with Crippen LogP contribution in [0.25, 0.3) is 5.95 Å². The maximum Gasteiger partial charge on any atom is 0.253 e. The minimum absolute atomic E-state index is 0.0518. The molecule has 2 aromatic heterocycles. The van der Waals surface area contributed by atoms with Gasteiger partial charge in [-0.3, -0.25) is 0 Å². The highest BCUT2D eigenvalue weighted by molar-refractivity contribution is 7.98. The molecule has 0 aliphatic heterocycles. The largest absolute Gasteiger partial charge is 0.307 e. The standard InChI is InChI=1S/C10H15N7S/c1-8(11-6-7-18-2)9-14-15-16-17(9)10-12-4-3-5-13-10/h3-5,8,11H,6-7H2,1-2H3. The van der Waals surface area contributed by atoms with Crippen molar-refractivity contribution in [3.8, 4) is 5.95 Å². The summed E-state index contributed by atoms with van der Waals surface area (Å²) < 4.78 is 1.55. The van der Waals surface area contributed by atoms with E-state index in [9.17, 15) is 0 Å². The van der Waals surface area contributed by atoms with Gasteiger partial charge in [0.2, 0.25) is 0 Å². The molecule has 0 spiro atoms. The van der Waals surface area contributed by atoms with Crippen LogP contribution in [-0.4, -0.2) is 48.7 Å². The number of hydrogen-bond donors (Lipinski definition) is 1. The number of aromatic nitrogens is 6. The zero-order chi connectivity index (χ0) is 12.8. The van der Waals surface area contributed by atoms with Gasteiger partial charge in [0.15, 0.2) is 5.82 Å². The predicted octanol–water partition coefficient (Wildman–Crippen LogP) is 0.466. The van der Waals surface area contributed by atoms with Gasteiger partial charge >= 0.3 is 0 Å². The molecular weight excluding hydrogens is 250 g/mol. The normalized spacial score (nSPS) is 12.6. The summed E-state index contributed by atoms with van der Waals surface area (Å²) in [4.78, 5) is 8.28. The van der Waals surface area contributed by atoms with Crippen LogP contribution < -0.4 is 5.32 Å². The predicted molar refractivity (Wildman–Crippen MR) is 69.5 cm³/mol. The molecule has 2 aromatic rings. The van der Waals surface area contributed by atoms with Crippen molar-refractivity contribution in [2.45, 2.75) is 13.0 Å². The van der Waals surface area contributed by atoms with E-state index in [1.807, 2.05) is 6.92 Å². The third-order valence-corrected chi connectivity index (χ3v) is 2.99. The summed E-state index contributed by atoms with van der Waals surface area (Å²) >= 11 is 1.80. The van der Waals surface area contributed by atoms with E-state index in [0.29, 0.717) is 11.8 Å². The molecule has 0 radical (unpaired) electrons. The van der Waals surface area contributed by atoms with E-state index in [1.165, 1.54) is 0 Å². The fourth-order valence-corrected chi connectivity index (χ4v) is 1.80. The Morgan fingerprint density at radius 3 is 2.89 bits per heavy atom. The molecule has 1 unspecified atom stereocenters. The minimum Gasteiger partial charge on any atom is -0.307 e. The Morgan fingerprint density at radius 1 is 1.39 bits per heavy atom. The maximum absolute atomic E-state index is 4.14. The van der Waals surface area contributed by atoms with Crippen LogP contribution in [0.5, 0.6) is 0 Å². The highest BCUT2D eigenvalue weighted by Crippen LogP contribution is 2.10. The Labute approximate surface area is 109 Å². The first kappa shape index (κ1) is 12.9. The third kappa shape index (κ3) is 3.02. The second kappa shape index (κ2) is 6.41. The van der Waals surface area contributed by atoms with E-state index >= 15 is 0 Å². The van der Waals surface area contributed by atoms with Gasteiger partial charge in [0.25, 0.3) is 5.95 Å². The highest BCUT2D eigenvalue weighted by Gasteiger charge is 2.16. The van der Waals surface area contributed by atoms with Crippen LogP contribution in [-0.2, 0) is 0 Å². The Hall–Kier alpha value is -1.54. The van der Waals surface area contributed by atoms with Gasteiger partial charge in [0.1, 0.15) is 0 Å². The number of hydrogen-bond acceptors (Lipinski definition) is 7. The summed E-state index contributed by atoms with van der Waals surface area (Å²) in [5, 5.41) is 15.0. The molecule has 2 heterocycles. The van der Waals surface area contributed by atoms with Crippen molar-refractivity contribution in [3.63, 3.8) is 0 Å². The number of thioether (sulfide) groups is 1. The molecule has 0 amide bonds. The van der Waals surface area contributed by atoms with Crippen molar-refractivity contribution in [2.75, 3.05) is 18.6 Å². The smallest absolute Gasteiger partial charge is 0.253 e. The van der Waals surface area contributed by atoms with Crippen molar-refractivity contribution in [1.82, 2.24) is 35.5 Å². The summed E-state index contributed by atoms with van der Waals surface area (Å²) in [6.07, 6.45) is 5.41. The summed E-state index contributed by atoms with van der Waals surface area (Å²) in [7, 11) is 0. The van der Waals surface area contributed by atoms with Crippen molar-refractivity contribution < 1.29 is 0 Å². The summed E-state index contributed by atoms with van der Waals surface area (Å²) in [5.74, 6) is 2.24. The summed E-state index contributed by atoms with van der Waals surface area (Å²) in [6, 6.07) is 1.81. The molecule has 0 saturated heterocycles. The summed E-state index contributed by atoms with van der Waals surface area (Å²) in [5.41, 5.74) is 0. The molecule has 1 N–H and O–H groups in total. The van der Waals surface area contributed by atoms with Crippen molar-refractivity contribution >= 4 is 11.8 Å². The van der Waals surface area contributed by atoms with Crippen LogP contribution in [0.3, 0.4) is 0 Å². The Kier molecular flexibility index (Phi) is 4.59. The van der Waals surface area contributed by atoms with Gasteiger partial charge < -0.3 is 5.32 Å².